The fourth-order valence-corrected chi connectivity index (χ4v) is 2.54. The summed E-state index contributed by atoms with van der Waals surface area (Å²) < 4.78 is 24.6. The molecule has 0 spiro atoms. The monoisotopic (exact) mass is 241 g/mol. The molecule has 0 radical (unpaired) electrons. The maximum Gasteiger partial charge on any atom is 0.251 e. The van der Waals surface area contributed by atoms with Gasteiger partial charge in [-0.25, -0.2) is 8.78 Å². The molecule has 1 saturated heterocycles. The first kappa shape index (κ1) is 12.5. The molecular formula is C13H17F2NO. The van der Waals surface area contributed by atoms with E-state index in [9.17, 15) is 13.9 Å². The lowest BCUT2D eigenvalue weighted by molar-refractivity contribution is 0.0341. The number of rotatable bonds is 3. The van der Waals surface area contributed by atoms with E-state index >= 15 is 0 Å². The van der Waals surface area contributed by atoms with Crippen LogP contribution in [0.4, 0.5) is 8.78 Å². The summed E-state index contributed by atoms with van der Waals surface area (Å²) in [5.41, 5.74) is 0.894. The van der Waals surface area contributed by atoms with Gasteiger partial charge in [0.05, 0.1) is 6.54 Å². The standard InChI is InChI=1S/C13H17F2NO/c1-10-4-2-3-5-11(10)13(17)6-7-16(9-13)8-12(14)15/h2-5,12,17H,6-9H2,1H3/t13-/m1/s1. The number of hydrogen-bond acceptors (Lipinski definition) is 2. The minimum atomic E-state index is -2.34. The van der Waals surface area contributed by atoms with Gasteiger partial charge in [-0.05, 0) is 24.5 Å². The molecule has 17 heavy (non-hydrogen) atoms. The molecule has 2 nitrogen and oxygen atoms in total. The fourth-order valence-electron chi connectivity index (χ4n) is 2.54. The van der Waals surface area contributed by atoms with E-state index in [1.54, 1.807) is 4.90 Å². The van der Waals surface area contributed by atoms with Gasteiger partial charge in [0, 0.05) is 13.1 Å². The highest BCUT2D eigenvalue weighted by Gasteiger charge is 2.38. The number of aryl methyl sites for hydroxylation is 1. The van der Waals surface area contributed by atoms with Crippen LogP contribution in [0.15, 0.2) is 24.3 Å². The van der Waals surface area contributed by atoms with Crippen molar-refractivity contribution in [2.24, 2.45) is 0 Å². The molecule has 0 unspecified atom stereocenters. The SMILES string of the molecule is Cc1ccccc1[C@@]1(O)CCN(CC(F)F)C1. The number of aliphatic hydroxyl groups is 1. The number of halogens is 2. The fraction of sp³-hybridized carbons (Fsp3) is 0.538. The van der Waals surface area contributed by atoms with E-state index < -0.39 is 12.0 Å². The van der Waals surface area contributed by atoms with E-state index in [1.165, 1.54) is 0 Å². The first-order chi connectivity index (χ1) is 8.01. The van der Waals surface area contributed by atoms with Crippen LogP contribution in [0.3, 0.4) is 0 Å². The highest BCUT2D eigenvalue weighted by Crippen LogP contribution is 2.33. The van der Waals surface area contributed by atoms with E-state index in [0.717, 1.165) is 11.1 Å². The van der Waals surface area contributed by atoms with Crippen molar-refractivity contribution in [3.05, 3.63) is 35.4 Å². The molecule has 1 aromatic rings. The molecule has 1 aromatic carbocycles. The third-order valence-corrected chi connectivity index (χ3v) is 3.37. The zero-order chi connectivity index (χ0) is 12.5. The van der Waals surface area contributed by atoms with Crippen LogP contribution in [0.1, 0.15) is 17.5 Å². The summed E-state index contributed by atoms with van der Waals surface area (Å²) in [6.07, 6.45) is -1.82. The molecule has 0 saturated carbocycles. The van der Waals surface area contributed by atoms with Gasteiger partial charge in [-0.15, -0.1) is 0 Å². The van der Waals surface area contributed by atoms with E-state index in [1.807, 2.05) is 31.2 Å². The smallest absolute Gasteiger partial charge is 0.251 e. The molecule has 0 aliphatic carbocycles. The Bertz CT molecular complexity index is 397. The summed E-state index contributed by atoms with van der Waals surface area (Å²) >= 11 is 0. The van der Waals surface area contributed by atoms with Crippen molar-refractivity contribution in [2.45, 2.75) is 25.4 Å². The van der Waals surface area contributed by atoms with Crippen molar-refractivity contribution in [3.63, 3.8) is 0 Å². The van der Waals surface area contributed by atoms with Gasteiger partial charge in [-0.3, -0.25) is 4.90 Å². The van der Waals surface area contributed by atoms with Crippen LogP contribution in [0.5, 0.6) is 0 Å². The Morgan fingerprint density at radius 3 is 2.76 bits per heavy atom. The van der Waals surface area contributed by atoms with Gasteiger partial charge in [-0.2, -0.15) is 0 Å². The molecular weight excluding hydrogens is 224 g/mol. The zero-order valence-corrected chi connectivity index (χ0v) is 9.87. The average molecular weight is 241 g/mol. The molecule has 1 fully saturated rings. The summed E-state index contributed by atoms with van der Waals surface area (Å²) in [6, 6.07) is 7.59. The van der Waals surface area contributed by atoms with Crippen molar-refractivity contribution in [1.29, 1.82) is 0 Å². The number of alkyl halides is 2. The normalized spacial score (nSPS) is 25.7. The Balaban J connectivity index is 2.14. The largest absolute Gasteiger partial charge is 0.384 e. The second-order valence-corrected chi connectivity index (χ2v) is 4.72. The summed E-state index contributed by atoms with van der Waals surface area (Å²) in [4.78, 5) is 1.62. The van der Waals surface area contributed by atoms with E-state index in [-0.39, 0.29) is 6.54 Å². The predicted molar refractivity (Wildman–Crippen MR) is 62.1 cm³/mol. The van der Waals surface area contributed by atoms with Crippen LogP contribution in [-0.4, -0.2) is 36.1 Å². The van der Waals surface area contributed by atoms with Gasteiger partial charge >= 0.3 is 0 Å². The third kappa shape index (κ3) is 2.64. The van der Waals surface area contributed by atoms with E-state index in [4.69, 9.17) is 0 Å². The minimum absolute atomic E-state index is 0.256. The molecule has 94 valence electrons. The maximum absolute atomic E-state index is 12.3. The summed E-state index contributed by atoms with van der Waals surface area (Å²) in [7, 11) is 0. The molecule has 1 atom stereocenters. The lowest BCUT2D eigenvalue weighted by Crippen LogP contribution is -2.33. The highest BCUT2D eigenvalue weighted by atomic mass is 19.3. The number of benzene rings is 1. The Kier molecular flexibility index (Phi) is 3.45. The molecule has 1 N–H and O–H groups in total. The molecule has 0 aromatic heterocycles. The molecule has 0 amide bonds. The van der Waals surface area contributed by atoms with Crippen molar-refractivity contribution in [2.75, 3.05) is 19.6 Å². The van der Waals surface area contributed by atoms with Crippen molar-refractivity contribution < 1.29 is 13.9 Å². The van der Waals surface area contributed by atoms with Gasteiger partial charge in [0.2, 0.25) is 0 Å². The van der Waals surface area contributed by atoms with Crippen LogP contribution < -0.4 is 0 Å². The lowest BCUT2D eigenvalue weighted by Gasteiger charge is -2.25. The molecule has 4 heteroatoms. The van der Waals surface area contributed by atoms with Crippen LogP contribution >= 0.6 is 0 Å². The van der Waals surface area contributed by atoms with E-state index in [2.05, 4.69) is 0 Å². The molecule has 1 aliphatic rings. The van der Waals surface area contributed by atoms with Crippen LogP contribution in [0, 0.1) is 6.92 Å². The molecule has 1 heterocycles. The maximum atomic E-state index is 12.3. The number of likely N-dealkylation sites (tertiary alicyclic amines) is 1. The van der Waals surface area contributed by atoms with Crippen molar-refractivity contribution in [1.82, 2.24) is 4.90 Å². The first-order valence-corrected chi connectivity index (χ1v) is 5.80. The van der Waals surface area contributed by atoms with Gasteiger partial charge in [-0.1, -0.05) is 24.3 Å². The van der Waals surface area contributed by atoms with Gasteiger partial charge in [0.1, 0.15) is 5.60 Å². The van der Waals surface area contributed by atoms with Crippen LogP contribution in [0.2, 0.25) is 0 Å². The topological polar surface area (TPSA) is 23.5 Å². The summed E-state index contributed by atoms with van der Waals surface area (Å²) in [6.45, 7) is 2.49. The Hall–Kier alpha value is -1.00. The number of nitrogens with zero attached hydrogens (tertiary/aromatic N) is 1. The highest BCUT2D eigenvalue weighted by molar-refractivity contribution is 5.32. The van der Waals surface area contributed by atoms with Crippen LogP contribution in [-0.2, 0) is 5.60 Å². The predicted octanol–water partition coefficient (Wildman–Crippen LogP) is 2.15. The van der Waals surface area contributed by atoms with E-state index in [0.29, 0.717) is 19.5 Å². The minimum Gasteiger partial charge on any atom is -0.384 e. The Morgan fingerprint density at radius 2 is 2.12 bits per heavy atom. The molecule has 1 aliphatic heterocycles. The summed E-state index contributed by atoms with van der Waals surface area (Å²) in [5, 5.41) is 10.5. The Morgan fingerprint density at radius 1 is 1.41 bits per heavy atom. The van der Waals surface area contributed by atoms with Crippen molar-refractivity contribution >= 4 is 0 Å². The number of hydrogen-bond donors (Lipinski definition) is 1. The lowest BCUT2D eigenvalue weighted by atomic mass is 9.89. The molecule has 0 bridgehead atoms. The van der Waals surface area contributed by atoms with Crippen molar-refractivity contribution in [3.8, 4) is 0 Å². The zero-order valence-electron chi connectivity index (χ0n) is 9.87. The Labute approximate surface area is 99.9 Å². The second-order valence-electron chi connectivity index (χ2n) is 4.72. The average Bonchev–Trinajstić information content (AvgIpc) is 2.60. The van der Waals surface area contributed by atoms with Gasteiger partial charge < -0.3 is 5.11 Å². The number of β-amino-alcohol motifs (C(OH)–C–C–N with tert-alkyl or cyclic N) is 1. The van der Waals surface area contributed by atoms with Gasteiger partial charge in [0.15, 0.2) is 0 Å². The molecule has 2 rings (SSSR count). The third-order valence-electron chi connectivity index (χ3n) is 3.37. The summed E-state index contributed by atoms with van der Waals surface area (Å²) in [5.74, 6) is 0. The second kappa shape index (κ2) is 4.70. The first-order valence-electron chi connectivity index (χ1n) is 5.80. The van der Waals surface area contributed by atoms with Gasteiger partial charge in [0.25, 0.3) is 6.43 Å². The quantitative estimate of drug-likeness (QED) is 0.876. The van der Waals surface area contributed by atoms with Crippen LogP contribution in [0.25, 0.3) is 0 Å².